The van der Waals surface area contributed by atoms with Crippen LogP contribution in [-0.2, 0) is 16.1 Å². The number of hydrogen-bond donors (Lipinski definition) is 1. The van der Waals surface area contributed by atoms with Gasteiger partial charge in [-0.2, -0.15) is 0 Å². The monoisotopic (exact) mass is 249 g/mol. The average molecular weight is 249 g/mol. The number of likely N-dealkylation sites (tertiary alicyclic amines) is 1. The summed E-state index contributed by atoms with van der Waals surface area (Å²) >= 11 is 0. The van der Waals surface area contributed by atoms with E-state index in [-0.39, 0.29) is 19.7 Å². The minimum Gasteiger partial charge on any atom is -0.481 e. The highest BCUT2D eigenvalue weighted by Crippen LogP contribution is 2.17. The summed E-state index contributed by atoms with van der Waals surface area (Å²) in [5.74, 6) is -1.31. The first-order valence-electron chi connectivity index (χ1n) is 5.76. The third kappa shape index (κ3) is 2.80. The maximum absolute atomic E-state index is 11.5. The van der Waals surface area contributed by atoms with Crippen molar-refractivity contribution in [3.8, 4) is 0 Å². The maximum atomic E-state index is 11.5. The molecular weight excluding hydrogens is 234 g/mol. The van der Waals surface area contributed by atoms with Crippen molar-refractivity contribution in [1.82, 2.24) is 4.90 Å². The fraction of sp³-hybridized carbons (Fsp3) is 0.385. The number of amides is 1. The Balaban J connectivity index is 1.76. The number of ether oxygens (including phenoxy) is 1. The first-order chi connectivity index (χ1) is 8.56. The van der Waals surface area contributed by atoms with E-state index in [0.717, 1.165) is 11.1 Å². The minimum absolute atomic E-state index is 0.216. The molecule has 0 spiro atoms. The largest absolute Gasteiger partial charge is 0.481 e. The van der Waals surface area contributed by atoms with E-state index in [1.165, 1.54) is 4.90 Å². The molecule has 0 radical (unpaired) electrons. The highest BCUT2D eigenvalue weighted by atomic mass is 16.6. The van der Waals surface area contributed by atoms with Gasteiger partial charge in [-0.15, -0.1) is 0 Å². The van der Waals surface area contributed by atoms with Crippen LogP contribution in [0.25, 0.3) is 0 Å². The summed E-state index contributed by atoms with van der Waals surface area (Å²) in [5.41, 5.74) is 2.07. The number of carboxylic acid groups (broad SMARTS) is 1. The number of nitrogens with zero attached hydrogens (tertiary/aromatic N) is 1. The summed E-state index contributed by atoms with van der Waals surface area (Å²) in [4.78, 5) is 23.5. The molecule has 5 heteroatoms. The van der Waals surface area contributed by atoms with Crippen LogP contribution in [0.5, 0.6) is 0 Å². The second-order valence-corrected chi connectivity index (χ2v) is 4.48. The van der Waals surface area contributed by atoms with Gasteiger partial charge in [-0.3, -0.25) is 4.79 Å². The quantitative estimate of drug-likeness (QED) is 0.884. The number of rotatable bonds is 3. The van der Waals surface area contributed by atoms with Crippen LogP contribution >= 0.6 is 0 Å². The second-order valence-electron chi connectivity index (χ2n) is 4.48. The molecule has 0 aromatic heterocycles. The maximum Gasteiger partial charge on any atom is 0.410 e. The molecule has 2 rings (SSSR count). The normalized spacial score (nSPS) is 15.1. The standard InChI is InChI=1S/C13H15NO4/c1-9-2-4-10(5-3-9)8-18-13(17)14-6-11(7-14)12(15)16/h2-5,11H,6-8H2,1H3,(H,15,16). The SMILES string of the molecule is Cc1ccc(COC(=O)N2CC(C(=O)O)C2)cc1. The molecule has 1 aliphatic heterocycles. The Morgan fingerprint density at radius 1 is 1.33 bits per heavy atom. The van der Waals surface area contributed by atoms with Crippen LogP contribution in [0.1, 0.15) is 11.1 Å². The van der Waals surface area contributed by atoms with Gasteiger partial charge in [0, 0.05) is 13.1 Å². The summed E-state index contributed by atoms with van der Waals surface area (Å²) in [5, 5.41) is 8.69. The fourth-order valence-corrected chi connectivity index (χ4v) is 1.70. The minimum atomic E-state index is -0.863. The molecule has 1 saturated heterocycles. The Morgan fingerprint density at radius 2 is 1.94 bits per heavy atom. The molecule has 1 N–H and O–H groups in total. The van der Waals surface area contributed by atoms with E-state index in [1.807, 2.05) is 31.2 Å². The zero-order valence-corrected chi connectivity index (χ0v) is 10.1. The summed E-state index contributed by atoms with van der Waals surface area (Å²) in [6, 6.07) is 7.71. The molecule has 0 unspecified atom stereocenters. The third-order valence-electron chi connectivity index (χ3n) is 2.97. The van der Waals surface area contributed by atoms with Gasteiger partial charge in [-0.05, 0) is 12.5 Å². The molecule has 18 heavy (non-hydrogen) atoms. The van der Waals surface area contributed by atoms with Gasteiger partial charge in [0.25, 0.3) is 0 Å². The van der Waals surface area contributed by atoms with Gasteiger partial charge in [-0.25, -0.2) is 4.79 Å². The number of hydrogen-bond acceptors (Lipinski definition) is 3. The van der Waals surface area contributed by atoms with Crippen LogP contribution in [0.15, 0.2) is 24.3 Å². The van der Waals surface area contributed by atoms with Gasteiger partial charge in [-0.1, -0.05) is 29.8 Å². The molecule has 96 valence electrons. The Bertz CT molecular complexity index is 449. The number of carbonyl (C=O) groups is 2. The van der Waals surface area contributed by atoms with E-state index in [1.54, 1.807) is 0 Å². The van der Waals surface area contributed by atoms with Gasteiger partial charge in [0.05, 0.1) is 5.92 Å². The Morgan fingerprint density at radius 3 is 2.50 bits per heavy atom. The topological polar surface area (TPSA) is 66.8 Å². The Kier molecular flexibility index (Phi) is 3.50. The van der Waals surface area contributed by atoms with Crippen molar-refractivity contribution < 1.29 is 19.4 Å². The van der Waals surface area contributed by atoms with Gasteiger partial charge in [0.1, 0.15) is 6.61 Å². The zero-order valence-electron chi connectivity index (χ0n) is 10.1. The number of aliphatic carboxylic acids is 1. The average Bonchev–Trinajstić information content (AvgIpc) is 2.25. The summed E-state index contributed by atoms with van der Waals surface area (Å²) in [7, 11) is 0. The molecule has 5 nitrogen and oxygen atoms in total. The van der Waals surface area contributed by atoms with E-state index in [2.05, 4.69) is 0 Å². The molecule has 0 aliphatic carbocycles. The zero-order chi connectivity index (χ0) is 13.1. The highest BCUT2D eigenvalue weighted by molar-refractivity contribution is 5.76. The molecule has 0 atom stereocenters. The van der Waals surface area contributed by atoms with Gasteiger partial charge < -0.3 is 14.7 Å². The van der Waals surface area contributed by atoms with Crippen LogP contribution in [-0.4, -0.2) is 35.2 Å². The van der Waals surface area contributed by atoms with E-state index in [4.69, 9.17) is 9.84 Å². The lowest BCUT2D eigenvalue weighted by Gasteiger charge is -2.35. The van der Waals surface area contributed by atoms with Crippen molar-refractivity contribution >= 4 is 12.1 Å². The van der Waals surface area contributed by atoms with Crippen molar-refractivity contribution in [2.75, 3.05) is 13.1 Å². The lowest BCUT2D eigenvalue weighted by atomic mass is 10.0. The molecule has 0 bridgehead atoms. The van der Waals surface area contributed by atoms with Crippen molar-refractivity contribution in [1.29, 1.82) is 0 Å². The van der Waals surface area contributed by atoms with Crippen LogP contribution < -0.4 is 0 Å². The first-order valence-corrected chi connectivity index (χ1v) is 5.76. The summed E-state index contributed by atoms with van der Waals surface area (Å²) in [6.07, 6.45) is -0.451. The number of benzene rings is 1. The first kappa shape index (κ1) is 12.4. The number of carboxylic acids is 1. The van der Waals surface area contributed by atoms with Crippen molar-refractivity contribution in [3.63, 3.8) is 0 Å². The highest BCUT2D eigenvalue weighted by Gasteiger charge is 2.36. The molecule has 1 fully saturated rings. The summed E-state index contributed by atoms with van der Waals surface area (Å²) in [6.45, 7) is 2.68. The van der Waals surface area contributed by atoms with Crippen LogP contribution in [0, 0.1) is 12.8 Å². The molecule has 0 saturated carbocycles. The van der Waals surface area contributed by atoms with Gasteiger partial charge in [0.2, 0.25) is 0 Å². The summed E-state index contributed by atoms with van der Waals surface area (Å²) < 4.78 is 5.09. The van der Waals surface area contributed by atoms with E-state index in [0.29, 0.717) is 0 Å². The lowest BCUT2D eigenvalue weighted by Crippen LogP contribution is -2.53. The molecule has 1 aliphatic rings. The number of aryl methyl sites for hydroxylation is 1. The smallest absolute Gasteiger partial charge is 0.410 e. The molecule has 1 amide bonds. The van der Waals surface area contributed by atoms with Crippen LogP contribution in [0.4, 0.5) is 4.79 Å². The van der Waals surface area contributed by atoms with Crippen molar-refractivity contribution in [2.45, 2.75) is 13.5 Å². The predicted molar refractivity (Wildman–Crippen MR) is 64.1 cm³/mol. The second kappa shape index (κ2) is 5.08. The van der Waals surface area contributed by atoms with E-state index in [9.17, 15) is 9.59 Å². The van der Waals surface area contributed by atoms with E-state index >= 15 is 0 Å². The molecule has 1 aromatic carbocycles. The molecular formula is C13H15NO4. The molecule has 1 aromatic rings. The van der Waals surface area contributed by atoms with Gasteiger partial charge in [0.15, 0.2) is 0 Å². The van der Waals surface area contributed by atoms with Crippen LogP contribution in [0.3, 0.4) is 0 Å². The number of carbonyl (C=O) groups excluding carboxylic acids is 1. The van der Waals surface area contributed by atoms with Crippen molar-refractivity contribution in [2.24, 2.45) is 5.92 Å². The van der Waals surface area contributed by atoms with E-state index < -0.39 is 18.0 Å². The van der Waals surface area contributed by atoms with Crippen molar-refractivity contribution in [3.05, 3.63) is 35.4 Å². The Labute approximate surface area is 105 Å². The predicted octanol–water partition coefficient (Wildman–Crippen LogP) is 1.65. The lowest BCUT2D eigenvalue weighted by molar-refractivity contribution is -0.146. The molecule has 1 heterocycles. The fourth-order valence-electron chi connectivity index (χ4n) is 1.70. The third-order valence-corrected chi connectivity index (χ3v) is 2.97. The Hall–Kier alpha value is -2.04. The van der Waals surface area contributed by atoms with Crippen LogP contribution in [0.2, 0.25) is 0 Å². The van der Waals surface area contributed by atoms with Gasteiger partial charge >= 0.3 is 12.1 Å².